The average molecular weight is 268 g/mol. The van der Waals surface area contributed by atoms with Gasteiger partial charge in [-0.2, -0.15) is 4.98 Å². The Balaban J connectivity index is 2.14. The van der Waals surface area contributed by atoms with E-state index in [2.05, 4.69) is 27.5 Å². The van der Waals surface area contributed by atoms with E-state index in [1.807, 2.05) is 6.07 Å². The summed E-state index contributed by atoms with van der Waals surface area (Å²) in [6, 6.07) is 1.86. The quantitative estimate of drug-likeness (QED) is 0.596. The molecule has 6 nitrogen and oxygen atoms in total. The second-order valence-corrected chi connectivity index (χ2v) is 4.08. The molecule has 0 unspecified atom stereocenters. The van der Waals surface area contributed by atoms with Crippen LogP contribution in [0.4, 0.5) is 11.8 Å². The number of hydrogen-bond acceptors (Lipinski definition) is 6. The number of nitrogens with zero attached hydrogens (tertiary/aromatic N) is 2. The zero-order chi connectivity index (χ0) is 13.8. The Hall–Kier alpha value is -1.40. The third kappa shape index (κ3) is 7.58. The molecule has 1 aromatic rings. The van der Waals surface area contributed by atoms with Crippen molar-refractivity contribution in [3.63, 3.8) is 0 Å². The van der Waals surface area contributed by atoms with Gasteiger partial charge in [-0.3, -0.25) is 0 Å². The highest BCUT2D eigenvalue weighted by Crippen LogP contribution is 2.05. The summed E-state index contributed by atoms with van der Waals surface area (Å²) >= 11 is 0. The highest BCUT2D eigenvalue weighted by atomic mass is 16.5. The summed E-state index contributed by atoms with van der Waals surface area (Å²) in [4.78, 5) is 8.52. The van der Waals surface area contributed by atoms with Crippen LogP contribution in [0.3, 0.4) is 0 Å². The molecular formula is C13H24N4O2. The summed E-state index contributed by atoms with van der Waals surface area (Å²) in [5.41, 5.74) is 0. The van der Waals surface area contributed by atoms with Crippen LogP contribution in [0.1, 0.15) is 19.8 Å². The van der Waals surface area contributed by atoms with E-state index >= 15 is 0 Å². The summed E-state index contributed by atoms with van der Waals surface area (Å²) in [6.45, 7) is 5.84. The molecule has 6 heteroatoms. The molecule has 2 N–H and O–H groups in total. The Kier molecular flexibility index (Phi) is 8.67. The molecule has 0 aliphatic rings. The van der Waals surface area contributed by atoms with Gasteiger partial charge in [0.25, 0.3) is 0 Å². The van der Waals surface area contributed by atoms with Crippen molar-refractivity contribution >= 4 is 11.8 Å². The summed E-state index contributed by atoms with van der Waals surface area (Å²) in [5.74, 6) is 1.51. The van der Waals surface area contributed by atoms with Gasteiger partial charge in [0.2, 0.25) is 5.95 Å². The molecule has 0 fully saturated rings. The van der Waals surface area contributed by atoms with E-state index in [-0.39, 0.29) is 0 Å². The fraction of sp³-hybridized carbons (Fsp3) is 0.692. The number of hydrogen-bond donors (Lipinski definition) is 2. The molecule has 1 rings (SSSR count). The first-order chi connectivity index (χ1) is 9.36. The molecule has 0 bridgehead atoms. The van der Waals surface area contributed by atoms with E-state index in [1.54, 1.807) is 13.3 Å². The first-order valence-corrected chi connectivity index (χ1v) is 6.74. The Bertz CT molecular complexity index is 336. The predicted molar refractivity (Wildman–Crippen MR) is 76.6 cm³/mol. The molecule has 1 heterocycles. The molecule has 0 saturated heterocycles. The lowest BCUT2D eigenvalue weighted by atomic mass is 10.4. The standard InChI is InChI=1S/C13H24N4O2/c1-3-6-15-13-16-8-5-12(17-13)14-7-4-9-19-11-10-18-2/h5,8H,3-4,6-7,9-11H2,1-2H3,(H2,14,15,16,17). The third-order valence-corrected chi connectivity index (χ3v) is 2.39. The van der Waals surface area contributed by atoms with Gasteiger partial charge < -0.3 is 20.1 Å². The van der Waals surface area contributed by atoms with Crippen LogP contribution in [-0.2, 0) is 9.47 Å². The molecule has 0 aliphatic carbocycles. The fourth-order valence-electron chi connectivity index (χ4n) is 1.41. The fourth-order valence-corrected chi connectivity index (χ4v) is 1.41. The second kappa shape index (κ2) is 10.5. The van der Waals surface area contributed by atoms with Gasteiger partial charge in [-0.1, -0.05) is 6.92 Å². The first kappa shape index (κ1) is 15.7. The van der Waals surface area contributed by atoms with Crippen LogP contribution < -0.4 is 10.6 Å². The minimum Gasteiger partial charge on any atom is -0.382 e. The van der Waals surface area contributed by atoms with Crippen molar-refractivity contribution in [2.24, 2.45) is 0 Å². The van der Waals surface area contributed by atoms with E-state index in [1.165, 1.54) is 0 Å². The van der Waals surface area contributed by atoms with Crippen LogP contribution in [0.2, 0.25) is 0 Å². The molecule has 0 radical (unpaired) electrons. The van der Waals surface area contributed by atoms with Gasteiger partial charge in [0, 0.05) is 33.0 Å². The van der Waals surface area contributed by atoms with E-state index in [4.69, 9.17) is 9.47 Å². The van der Waals surface area contributed by atoms with Crippen LogP contribution in [0.25, 0.3) is 0 Å². The maximum absolute atomic E-state index is 5.38. The topological polar surface area (TPSA) is 68.3 Å². The second-order valence-electron chi connectivity index (χ2n) is 4.08. The van der Waals surface area contributed by atoms with Crippen molar-refractivity contribution < 1.29 is 9.47 Å². The molecule has 19 heavy (non-hydrogen) atoms. The van der Waals surface area contributed by atoms with Gasteiger partial charge in [-0.25, -0.2) is 4.98 Å². The zero-order valence-corrected chi connectivity index (χ0v) is 11.8. The smallest absolute Gasteiger partial charge is 0.224 e. The maximum atomic E-state index is 5.38. The van der Waals surface area contributed by atoms with E-state index in [9.17, 15) is 0 Å². The van der Waals surface area contributed by atoms with Gasteiger partial charge in [0.1, 0.15) is 5.82 Å². The predicted octanol–water partition coefficient (Wildman–Crippen LogP) is 1.76. The van der Waals surface area contributed by atoms with E-state index < -0.39 is 0 Å². The van der Waals surface area contributed by atoms with Gasteiger partial charge in [0.15, 0.2) is 0 Å². The zero-order valence-electron chi connectivity index (χ0n) is 11.8. The minimum atomic E-state index is 0.645. The van der Waals surface area contributed by atoms with Gasteiger partial charge >= 0.3 is 0 Å². The lowest BCUT2D eigenvalue weighted by molar-refractivity contribution is 0.0705. The normalized spacial score (nSPS) is 10.4. The number of aromatic nitrogens is 2. The Labute approximate surface area is 114 Å². The number of ether oxygens (including phenoxy) is 2. The van der Waals surface area contributed by atoms with Crippen molar-refractivity contribution in [3.05, 3.63) is 12.3 Å². The van der Waals surface area contributed by atoms with Gasteiger partial charge in [0.05, 0.1) is 13.2 Å². The van der Waals surface area contributed by atoms with Crippen molar-refractivity contribution in [3.8, 4) is 0 Å². The van der Waals surface area contributed by atoms with Crippen LogP contribution in [0, 0.1) is 0 Å². The lowest BCUT2D eigenvalue weighted by Gasteiger charge is -2.08. The Morgan fingerprint density at radius 2 is 2.05 bits per heavy atom. The van der Waals surface area contributed by atoms with Gasteiger partial charge in [-0.05, 0) is 18.9 Å². The summed E-state index contributed by atoms with van der Waals surface area (Å²) in [6.07, 6.45) is 3.74. The van der Waals surface area contributed by atoms with Crippen molar-refractivity contribution in [2.45, 2.75) is 19.8 Å². The van der Waals surface area contributed by atoms with E-state index in [0.717, 1.165) is 38.4 Å². The Morgan fingerprint density at radius 3 is 2.84 bits per heavy atom. The SMILES string of the molecule is CCCNc1nccc(NCCCOCCOC)n1. The highest BCUT2D eigenvalue weighted by molar-refractivity contribution is 5.39. The number of anilines is 2. The summed E-state index contributed by atoms with van der Waals surface area (Å²) < 4.78 is 10.3. The molecule has 0 atom stereocenters. The Morgan fingerprint density at radius 1 is 1.16 bits per heavy atom. The first-order valence-electron chi connectivity index (χ1n) is 6.74. The molecule has 0 saturated carbocycles. The molecule has 0 aromatic carbocycles. The number of methoxy groups -OCH3 is 1. The molecule has 1 aromatic heterocycles. The van der Waals surface area contributed by atoms with Crippen molar-refractivity contribution in [1.82, 2.24) is 9.97 Å². The van der Waals surface area contributed by atoms with Crippen LogP contribution in [0.15, 0.2) is 12.3 Å². The van der Waals surface area contributed by atoms with Gasteiger partial charge in [-0.15, -0.1) is 0 Å². The van der Waals surface area contributed by atoms with E-state index in [0.29, 0.717) is 19.2 Å². The lowest BCUT2D eigenvalue weighted by Crippen LogP contribution is -2.10. The monoisotopic (exact) mass is 268 g/mol. The molecular weight excluding hydrogens is 244 g/mol. The third-order valence-electron chi connectivity index (χ3n) is 2.39. The van der Waals surface area contributed by atoms with Crippen molar-refractivity contribution in [2.75, 3.05) is 50.7 Å². The summed E-state index contributed by atoms with van der Waals surface area (Å²) in [5, 5.41) is 6.41. The molecule has 0 amide bonds. The van der Waals surface area contributed by atoms with Crippen molar-refractivity contribution in [1.29, 1.82) is 0 Å². The van der Waals surface area contributed by atoms with Crippen LogP contribution in [0.5, 0.6) is 0 Å². The van der Waals surface area contributed by atoms with Crippen LogP contribution in [-0.4, -0.2) is 50.0 Å². The number of rotatable bonds is 11. The average Bonchev–Trinajstić information content (AvgIpc) is 2.44. The molecule has 108 valence electrons. The highest BCUT2D eigenvalue weighted by Gasteiger charge is 1.97. The minimum absolute atomic E-state index is 0.645. The largest absolute Gasteiger partial charge is 0.382 e. The summed E-state index contributed by atoms with van der Waals surface area (Å²) in [7, 11) is 1.67. The molecule has 0 aliphatic heterocycles. The maximum Gasteiger partial charge on any atom is 0.224 e. The van der Waals surface area contributed by atoms with Crippen LogP contribution >= 0.6 is 0 Å². The number of nitrogens with one attached hydrogen (secondary N) is 2. The molecule has 0 spiro atoms.